The van der Waals surface area contributed by atoms with Crippen LogP contribution in [0.25, 0.3) is 0 Å². The largest absolute Gasteiger partial charge is 0.349 e. The van der Waals surface area contributed by atoms with Crippen LogP contribution in [0.5, 0.6) is 0 Å². The molecule has 0 unspecified atom stereocenters. The molecule has 2 aromatic rings. The van der Waals surface area contributed by atoms with Crippen LogP contribution >= 0.6 is 0 Å². The Kier molecular flexibility index (Phi) is 5.31. The molecule has 2 N–H and O–H groups in total. The average molecular weight is 296 g/mol. The van der Waals surface area contributed by atoms with E-state index in [1.807, 2.05) is 61.5 Å². The Morgan fingerprint density at radius 2 is 1.77 bits per heavy atom. The topological polar surface area (TPSA) is 58.2 Å². The van der Waals surface area contributed by atoms with E-state index in [-0.39, 0.29) is 24.3 Å². The lowest BCUT2D eigenvalue weighted by molar-refractivity contribution is -0.120. The van der Waals surface area contributed by atoms with Crippen molar-refractivity contribution in [3.8, 4) is 0 Å². The first-order valence-electron chi connectivity index (χ1n) is 7.23. The Hall–Kier alpha value is -2.62. The Morgan fingerprint density at radius 1 is 1.05 bits per heavy atom. The van der Waals surface area contributed by atoms with Gasteiger partial charge in [0.25, 0.3) is 0 Å². The molecule has 2 rings (SSSR count). The third-order valence-electron chi connectivity index (χ3n) is 3.27. The van der Waals surface area contributed by atoms with E-state index in [1.165, 1.54) is 6.92 Å². The minimum Gasteiger partial charge on any atom is -0.349 e. The Balaban J connectivity index is 2.06. The van der Waals surface area contributed by atoms with Gasteiger partial charge in [0.2, 0.25) is 11.8 Å². The predicted octanol–water partition coefficient (Wildman–Crippen LogP) is 3.20. The molecule has 0 fully saturated rings. The lowest BCUT2D eigenvalue weighted by Gasteiger charge is -2.18. The van der Waals surface area contributed by atoms with E-state index in [2.05, 4.69) is 10.6 Å². The fourth-order valence-electron chi connectivity index (χ4n) is 2.30. The van der Waals surface area contributed by atoms with Crippen molar-refractivity contribution in [3.63, 3.8) is 0 Å². The summed E-state index contributed by atoms with van der Waals surface area (Å²) in [6.07, 6.45) is 0.192. The van der Waals surface area contributed by atoms with Crippen LogP contribution in [0.3, 0.4) is 0 Å². The summed E-state index contributed by atoms with van der Waals surface area (Å²) < 4.78 is 0. The van der Waals surface area contributed by atoms with E-state index in [0.717, 1.165) is 16.8 Å². The van der Waals surface area contributed by atoms with Crippen molar-refractivity contribution in [3.05, 3.63) is 65.7 Å². The van der Waals surface area contributed by atoms with Crippen molar-refractivity contribution in [2.24, 2.45) is 0 Å². The zero-order valence-electron chi connectivity index (χ0n) is 12.8. The summed E-state index contributed by atoms with van der Waals surface area (Å²) >= 11 is 0. The molecule has 2 aromatic carbocycles. The highest BCUT2D eigenvalue weighted by molar-refractivity contribution is 5.91. The number of hydrogen-bond donors (Lipinski definition) is 2. The van der Waals surface area contributed by atoms with E-state index in [9.17, 15) is 9.59 Å². The van der Waals surface area contributed by atoms with Crippen LogP contribution in [0.15, 0.2) is 54.6 Å². The first kappa shape index (κ1) is 15.8. The smallest absolute Gasteiger partial charge is 0.226 e. The fourth-order valence-corrected chi connectivity index (χ4v) is 2.30. The van der Waals surface area contributed by atoms with E-state index < -0.39 is 0 Å². The first-order chi connectivity index (χ1) is 10.5. The predicted molar refractivity (Wildman–Crippen MR) is 87.4 cm³/mol. The van der Waals surface area contributed by atoms with Gasteiger partial charge in [-0.3, -0.25) is 9.59 Å². The summed E-state index contributed by atoms with van der Waals surface area (Å²) in [7, 11) is 0. The average Bonchev–Trinajstić information content (AvgIpc) is 2.47. The number of anilines is 1. The van der Waals surface area contributed by atoms with Gasteiger partial charge >= 0.3 is 0 Å². The molecule has 22 heavy (non-hydrogen) atoms. The molecular weight excluding hydrogens is 276 g/mol. The molecule has 0 saturated carbocycles. The van der Waals surface area contributed by atoms with Crippen LogP contribution in [-0.4, -0.2) is 11.8 Å². The van der Waals surface area contributed by atoms with Gasteiger partial charge in [-0.2, -0.15) is 0 Å². The quantitative estimate of drug-likeness (QED) is 0.890. The SMILES string of the molecule is CC(=O)N[C@H](CC(=O)Nc1cccc(C)c1)c1ccccc1. The summed E-state index contributed by atoms with van der Waals surface area (Å²) in [5, 5.41) is 5.69. The zero-order valence-corrected chi connectivity index (χ0v) is 12.8. The number of hydrogen-bond acceptors (Lipinski definition) is 2. The molecule has 0 aliphatic heterocycles. The molecule has 4 nitrogen and oxygen atoms in total. The minimum atomic E-state index is -0.330. The van der Waals surface area contributed by atoms with Crippen molar-refractivity contribution in [1.82, 2.24) is 5.32 Å². The maximum Gasteiger partial charge on any atom is 0.226 e. The van der Waals surface area contributed by atoms with E-state index in [4.69, 9.17) is 0 Å². The number of rotatable bonds is 5. The molecule has 1 atom stereocenters. The molecule has 0 spiro atoms. The Bertz CT molecular complexity index is 653. The fraction of sp³-hybridized carbons (Fsp3) is 0.222. The van der Waals surface area contributed by atoms with Crippen LogP contribution in [-0.2, 0) is 9.59 Å². The second-order valence-electron chi connectivity index (χ2n) is 5.29. The van der Waals surface area contributed by atoms with Gasteiger partial charge in [0.15, 0.2) is 0 Å². The van der Waals surface area contributed by atoms with Crippen LogP contribution < -0.4 is 10.6 Å². The summed E-state index contributed by atoms with van der Waals surface area (Å²) in [4.78, 5) is 23.6. The molecule has 0 bridgehead atoms. The highest BCUT2D eigenvalue weighted by Gasteiger charge is 2.17. The monoisotopic (exact) mass is 296 g/mol. The van der Waals surface area contributed by atoms with Crippen LogP contribution in [0, 0.1) is 6.92 Å². The molecular formula is C18H20N2O2. The van der Waals surface area contributed by atoms with Gasteiger partial charge in [0, 0.05) is 12.6 Å². The van der Waals surface area contributed by atoms with Crippen molar-refractivity contribution in [2.75, 3.05) is 5.32 Å². The van der Waals surface area contributed by atoms with Crippen LogP contribution in [0.2, 0.25) is 0 Å². The molecule has 0 saturated heterocycles. The number of aryl methyl sites for hydroxylation is 1. The normalized spacial score (nSPS) is 11.5. The minimum absolute atomic E-state index is 0.131. The van der Waals surface area contributed by atoms with Crippen LogP contribution in [0.4, 0.5) is 5.69 Å². The van der Waals surface area contributed by atoms with E-state index >= 15 is 0 Å². The molecule has 0 aliphatic carbocycles. The molecule has 4 heteroatoms. The molecule has 0 heterocycles. The number of benzene rings is 2. The van der Waals surface area contributed by atoms with Gasteiger partial charge < -0.3 is 10.6 Å². The summed E-state index contributed by atoms with van der Waals surface area (Å²) in [6.45, 7) is 3.42. The standard InChI is InChI=1S/C18H20N2O2/c1-13-7-6-10-16(11-13)20-18(22)12-17(19-14(2)21)15-8-4-3-5-9-15/h3-11,17H,12H2,1-2H3,(H,19,21)(H,20,22)/t17-/m1/s1. The number of nitrogens with one attached hydrogen (secondary N) is 2. The van der Waals surface area contributed by atoms with Crippen molar-refractivity contribution in [2.45, 2.75) is 26.3 Å². The lowest BCUT2D eigenvalue weighted by Crippen LogP contribution is -2.29. The van der Waals surface area contributed by atoms with Crippen LogP contribution in [0.1, 0.15) is 30.5 Å². The van der Waals surface area contributed by atoms with Crippen molar-refractivity contribution < 1.29 is 9.59 Å². The van der Waals surface area contributed by atoms with Gasteiger partial charge in [-0.05, 0) is 30.2 Å². The number of amides is 2. The highest BCUT2D eigenvalue weighted by atomic mass is 16.2. The van der Waals surface area contributed by atoms with Crippen molar-refractivity contribution >= 4 is 17.5 Å². The Morgan fingerprint density at radius 3 is 2.41 bits per heavy atom. The molecule has 2 amide bonds. The lowest BCUT2D eigenvalue weighted by atomic mass is 10.0. The number of carbonyl (C=O) groups is 2. The second kappa shape index (κ2) is 7.41. The highest BCUT2D eigenvalue weighted by Crippen LogP contribution is 2.18. The summed E-state index contributed by atoms with van der Waals surface area (Å²) in [5.74, 6) is -0.287. The molecule has 0 radical (unpaired) electrons. The first-order valence-corrected chi connectivity index (χ1v) is 7.23. The third-order valence-corrected chi connectivity index (χ3v) is 3.27. The Labute approximate surface area is 130 Å². The van der Waals surface area contributed by atoms with Gasteiger partial charge in [-0.25, -0.2) is 0 Å². The number of carbonyl (C=O) groups excluding carboxylic acids is 2. The van der Waals surface area contributed by atoms with Gasteiger partial charge in [0.1, 0.15) is 0 Å². The molecule has 114 valence electrons. The molecule has 0 aromatic heterocycles. The van der Waals surface area contributed by atoms with Gasteiger partial charge in [0.05, 0.1) is 12.5 Å². The van der Waals surface area contributed by atoms with Gasteiger partial charge in [-0.1, -0.05) is 42.5 Å². The second-order valence-corrected chi connectivity index (χ2v) is 5.29. The maximum absolute atomic E-state index is 12.2. The summed E-state index contributed by atoms with van der Waals surface area (Å²) in [6, 6.07) is 16.8. The third kappa shape index (κ3) is 4.74. The maximum atomic E-state index is 12.2. The zero-order chi connectivity index (χ0) is 15.9. The molecule has 0 aliphatic rings. The van der Waals surface area contributed by atoms with E-state index in [0.29, 0.717) is 0 Å². The van der Waals surface area contributed by atoms with E-state index in [1.54, 1.807) is 0 Å². The van der Waals surface area contributed by atoms with Gasteiger partial charge in [-0.15, -0.1) is 0 Å². The summed E-state index contributed by atoms with van der Waals surface area (Å²) in [5.41, 5.74) is 2.76. The van der Waals surface area contributed by atoms with Crippen molar-refractivity contribution in [1.29, 1.82) is 0 Å².